The van der Waals surface area contributed by atoms with Gasteiger partial charge < -0.3 is 5.43 Å². The summed E-state index contributed by atoms with van der Waals surface area (Å²) < 4.78 is 27.1. The SMILES string of the molecule is CC(C)c1csc(NC(=O)c2cc(F)c(NN)c(F)c2)n1. The first kappa shape index (κ1) is 15.3. The molecule has 0 fully saturated rings. The van der Waals surface area contributed by atoms with Gasteiger partial charge in [0.05, 0.1) is 5.69 Å². The number of halogens is 2. The lowest BCUT2D eigenvalue weighted by Crippen LogP contribution is -2.15. The average molecular weight is 312 g/mol. The monoisotopic (exact) mass is 312 g/mol. The van der Waals surface area contributed by atoms with Crippen LogP contribution in [0.4, 0.5) is 19.6 Å². The zero-order valence-corrected chi connectivity index (χ0v) is 12.2. The Morgan fingerprint density at radius 2 is 1.95 bits per heavy atom. The van der Waals surface area contributed by atoms with Gasteiger partial charge in [-0.25, -0.2) is 13.8 Å². The lowest BCUT2D eigenvalue weighted by Gasteiger charge is -2.07. The summed E-state index contributed by atoms with van der Waals surface area (Å²) in [6.45, 7) is 3.95. The van der Waals surface area contributed by atoms with Gasteiger partial charge in [0.2, 0.25) is 0 Å². The van der Waals surface area contributed by atoms with E-state index in [0.29, 0.717) is 5.13 Å². The van der Waals surface area contributed by atoms with Crippen LogP contribution in [0.1, 0.15) is 35.8 Å². The van der Waals surface area contributed by atoms with E-state index in [4.69, 9.17) is 5.84 Å². The topological polar surface area (TPSA) is 80.0 Å². The number of nitrogen functional groups attached to an aromatic ring is 1. The second kappa shape index (κ2) is 6.15. The van der Waals surface area contributed by atoms with E-state index < -0.39 is 23.2 Å². The number of benzene rings is 1. The van der Waals surface area contributed by atoms with Crippen LogP contribution in [0.3, 0.4) is 0 Å². The molecule has 2 aromatic rings. The summed E-state index contributed by atoms with van der Waals surface area (Å²) in [6.07, 6.45) is 0. The van der Waals surface area contributed by atoms with Crippen molar-refractivity contribution in [1.82, 2.24) is 4.98 Å². The molecule has 1 amide bonds. The summed E-state index contributed by atoms with van der Waals surface area (Å²) in [5.74, 6) is 2.71. The first-order chi connectivity index (χ1) is 9.92. The van der Waals surface area contributed by atoms with E-state index in [1.165, 1.54) is 11.3 Å². The van der Waals surface area contributed by atoms with Crippen LogP contribution in [0.15, 0.2) is 17.5 Å². The minimum absolute atomic E-state index is 0.148. The van der Waals surface area contributed by atoms with Crippen molar-refractivity contribution >= 4 is 28.1 Å². The molecule has 8 heteroatoms. The first-order valence-electron chi connectivity index (χ1n) is 6.14. The highest BCUT2D eigenvalue weighted by Crippen LogP contribution is 2.23. The Balaban J connectivity index is 2.20. The van der Waals surface area contributed by atoms with Gasteiger partial charge in [-0.05, 0) is 18.1 Å². The number of anilines is 2. The molecule has 1 aromatic carbocycles. The summed E-state index contributed by atoms with van der Waals surface area (Å²) in [5, 5.41) is 4.71. The van der Waals surface area contributed by atoms with Crippen LogP contribution >= 0.6 is 11.3 Å². The first-order valence-corrected chi connectivity index (χ1v) is 7.02. The Hall–Kier alpha value is -2.06. The molecule has 0 saturated heterocycles. The van der Waals surface area contributed by atoms with E-state index >= 15 is 0 Å². The maximum atomic E-state index is 13.5. The van der Waals surface area contributed by atoms with E-state index in [2.05, 4.69) is 10.3 Å². The fraction of sp³-hybridized carbons (Fsp3) is 0.231. The maximum Gasteiger partial charge on any atom is 0.257 e. The van der Waals surface area contributed by atoms with Gasteiger partial charge in [-0.15, -0.1) is 11.3 Å². The number of hydrogen-bond acceptors (Lipinski definition) is 5. The summed E-state index contributed by atoms with van der Waals surface area (Å²) in [6, 6.07) is 1.81. The van der Waals surface area contributed by atoms with Gasteiger partial charge in [0.25, 0.3) is 5.91 Å². The standard InChI is InChI=1S/C13H14F2N4OS/c1-6(2)10-5-21-13(17-10)18-12(20)7-3-8(14)11(19-16)9(15)4-7/h3-6,19H,16H2,1-2H3,(H,17,18,20). The fourth-order valence-electron chi connectivity index (χ4n) is 1.62. The van der Waals surface area contributed by atoms with Crippen molar-refractivity contribution in [2.45, 2.75) is 19.8 Å². The van der Waals surface area contributed by atoms with Crippen molar-refractivity contribution in [3.8, 4) is 0 Å². The van der Waals surface area contributed by atoms with Gasteiger partial charge in [-0.1, -0.05) is 13.8 Å². The molecule has 0 unspecified atom stereocenters. The number of rotatable bonds is 4. The van der Waals surface area contributed by atoms with Gasteiger partial charge in [0, 0.05) is 10.9 Å². The highest BCUT2D eigenvalue weighted by molar-refractivity contribution is 7.14. The number of nitrogens with zero attached hydrogens (tertiary/aromatic N) is 1. The number of nitrogens with two attached hydrogens (primary N) is 1. The number of amides is 1. The van der Waals surface area contributed by atoms with Crippen molar-refractivity contribution in [3.05, 3.63) is 40.4 Å². The molecule has 0 radical (unpaired) electrons. The van der Waals surface area contributed by atoms with Crippen LogP contribution in [0.25, 0.3) is 0 Å². The van der Waals surface area contributed by atoms with Gasteiger partial charge in [0.15, 0.2) is 16.8 Å². The Bertz CT molecular complexity index is 649. The van der Waals surface area contributed by atoms with Crippen molar-refractivity contribution in [1.29, 1.82) is 0 Å². The Morgan fingerprint density at radius 3 is 2.43 bits per heavy atom. The number of carbonyl (C=O) groups excluding carboxylic acids is 1. The largest absolute Gasteiger partial charge is 0.319 e. The van der Waals surface area contributed by atoms with E-state index in [1.54, 1.807) is 0 Å². The molecule has 0 saturated carbocycles. The number of aromatic nitrogens is 1. The molecule has 4 N–H and O–H groups in total. The molecule has 2 rings (SSSR count). The molecule has 0 atom stereocenters. The molecular weight excluding hydrogens is 298 g/mol. The Labute approximate surface area is 124 Å². The number of hydrazine groups is 1. The normalized spacial score (nSPS) is 10.8. The lowest BCUT2D eigenvalue weighted by atomic mass is 10.1. The van der Waals surface area contributed by atoms with Gasteiger partial charge in [-0.2, -0.15) is 0 Å². The predicted octanol–water partition coefficient (Wildman–Crippen LogP) is 3.08. The van der Waals surface area contributed by atoms with Crippen LogP contribution in [-0.2, 0) is 0 Å². The maximum absolute atomic E-state index is 13.5. The zero-order chi connectivity index (χ0) is 15.6. The van der Waals surface area contributed by atoms with Gasteiger partial charge in [0.1, 0.15) is 5.69 Å². The number of nitrogens with one attached hydrogen (secondary N) is 2. The third-order valence-corrected chi connectivity index (χ3v) is 3.56. The molecule has 0 bridgehead atoms. The quantitative estimate of drug-likeness (QED) is 0.599. The third-order valence-electron chi connectivity index (χ3n) is 2.78. The van der Waals surface area contributed by atoms with Crippen LogP contribution in [-0.4, -0.2) is 10.9 Å². The molecule has 1 aromatic heterocycles. The van der Waals surface area contributed by atoms with Crippen molar-refractivity contribution in [2.24, 2.45) is 5.84 Å². The second-order valence-electron chi connectivity index (χ2n) is 4.65. The van der Waals surface area contributed by atoms with Crippen LogP contribution in [0, 0.1) is 11.6 Å². The second-order valence-corrected chi connectivity index (χ2v) is 5.50. The van der Waals surface area contributed by atoms with Crippen LogP contribution in [0.5, 0.6) is 0 Å². The highest BCUT2D eigenvalue weighted by Gasteiger charge is 2.16. The minimum atomic E-state index is -0.940. The Kier molecular flexibility index (Phi) is 4.49. The Morgan fingerprint density at radius 1 is 1.33 bits per heavy atom. The van der Waals surface area contributed by atoms with E-state index in [9.17, 15) is 13.6 Å². The third kappa shape index (κ3) is 3.34. The van der Waals surface area contributed by atoms with Crippen molar-refractivity contribution < 1.29 is 13.6 Å². The van der Waals surface area contributed by atoms with E-state index in [1.807, 2.05) is 24.7 Å². The number of carbonyl (C=O) groups is 1. The highest BCUT2D eigenvalue weighted by atomic mass is 32.1. The van der Waals surface area contributed by atoms with Gasteiger partial charge >= 0.3 is 0 Å². The van der Waals surface area contributed by atoms with Gasteiger partial charge in [-0.3, -0.25) is 16.0 Å². The summed E-state index contributed by atoms with van der Waals surface area (Å²) in [5.41, 5.74) is 2.11. The summed E-state index contributed by atoms with van der Waals surface area (Å²) in [4.78, 5) is 16.2. The van der Waals surface area contributed by atoms with Crippen LogP contribution in [0.2, 0.25) is 0 Å². The summed E-state index contributed by atoms with van der Waals surface area (Å²) >= 11 is 1.25. The average Bonchev–Trinajstić information content (AvgIpc) is 2.87. The minimum Gasteiger partial charge on any atom is -0.319 e. The van der Waals surface area contributed by atoms with Crippen LogP contribution < -0.4 is 16.6 Å². The molecule has 0 aliphatic rings. The molecular formula is C13H14F2N4OS. The van der Waals surface area contributed by atoms with Crippen molar-refractivity contribution in [3.63, 3.8) is 0 Å². The van der Waals surface area contributed by atoms with Crippen molar-refractivity contribution in [2.75, 3.05) is 10.7 Å². The lowest BCUT2D eigenvalue weighted by molar-refractivity contribution is 0.102. The predicted molar refractivity (Wildman–Crippen MR) is 78.3 cm³/mol. The molecule has 1 heterocycles. The number of hydrogen-bond donors (Lipinski definition) is 3. The van der Waals surface area contributed by atoms with E-state index in [0.717, 1.165) is 17.8 Å². The molecule has 21 heavy (non-hydrogen) atoms. The zero-order valence-electron chi connectivity index (χ0n) is 11.4. The molecule has 5 nitrogen and oxygen atoms in total. The fourth-order valence-corrected chi connectivity index (χ4v) is 2.49. The molecule has 0 spiro atoms. The smallest absolute Gasteiger partial charge is 0.257 e. The van der Waals surface area contributed by atoms with E-state index in [-0.39, 0.29) is 11.5 Å². The summed E-state index contributed by atoms with van der Waals surface area (Å²) in [7, 11) is 0. The molecule has 0 aliphatic heterocycles. The number of thiazole rings is 1. The molecule has 0 aliphatic carbocycles. The molecule has 112 valence electrons.